The van der Waals surface area contributed by atoms with E-state index in [-0.39, 0.29) is 32.5 Å². The van der Waals surface area contributed by atoms with Crippen molar-refractivity contribution in [1.82, 2.24) is 24.3 Å². The van der Waals surface area contributed by atoms with Crippen LogP contribution >= 0.6 is 0 Å². The highest BCUT2D eigenvalue weighted by Crippen LogP contribution is 2.36. The zero-order valence-electron chi connectivity index (χ0n) is 37.8. The first-order chi connectivity index (χ1) is 31.2. The van der Waals surface area contributed by atoms with Crippen molar-refractivity contribution in [3.63, 3.8) is 0 Å². The van der Waals surface area contributed by atoms with Gasteiger partial charge < -0.3 is 55.5 Å². The van der Waals surface area contributed by atoms with Gasteiger partial charge in [0.2, 0.25) is 5.91 Å². The molecule has 8 N–H and O–H groups in total. The minimum atomic E-state index is -1.70. The number of rotatable bonds is 24. The summed E-state index contributed by atoms with van der Waals surface area (Å²) in [5, 5.41) is 32.6. The number of nitrogens with zero attached hydrogens (tertiary/aromatic N) is 4. The number of amides is 2. The van der Waals surface area contributed by atoms with E-state index in [9.17, 15) is 44.1 Å². The fourth-order valence-electron chi connectivity index (χ4n) is 8.96. The second-order valence-corrected chi connectivity index (χ2v) is 17.4. The number of unbranched alkanes of at least 4 members (excludes halogenated alkanes) is 9. The number of ether oxygens (including phenoxy) is 4. The van der Waals surface area contributed by atoms with Crippen molar-refractivity contribution in [1.29, 1.82) is 0 Å². The second-order valence-electron chi connectivity index (χ2n) is 17.4. The summed E-state index contributed by atoms with van der Waals surface area (Å²) in [5.41, 5.74) is 11.4. The van der Waals surface area contributed by atoms with Gasteiger partial charge in [0.25, 0.3) is 11.5 Å². The van der Waals surface area contributed by atoms with E-state index in [0.717, 1.165) is 46.8 Å². The molecule has 2 aromatic rings. The predicted molar refractivity (Wildman–Crippen MR) is 237 cm³/mol. The SMILES string of the molecule is CCCCCCCCCCCCN(CC(=O)OC1CN(C)C(C(OC2CC(O)C(CN)O2)[C@H]2O[C@@H](n3ccc(=O)[nH]c3=O)C[C@@H]2O)C(=O)N(C)C1C(=O)O)C(=O)c1ccc(CCN)cc1. The van der Waals surface area contributed by atoms with Crippen molar-refractivity contribution in [2.24, 2.45) is 11.5 Å². The van der Waals surface area contributed by atoms with Crippen molar-refractivity contribution in [3.05, 3.63) is 68.5 Å². The van der Waals surface area contributed by atoms with Gasteiger partial charge in [0.05, 0.1) is 18.3 Å². The van der Waals surface area contributed by atoms with Gasteiger partial charge in [0.1, 0.15) is 37.1 Å². The molecule has 3 aliphatic heterocycles. The molecule has 7 unspecified atom stereocenters. The molecule has 362 valence electrons. The summed E-state index contributed by atoms with van der Waals surface area (Å²) in [6, 6.07) is 4.99. The summed E-state index contributed by atoms with van der Waals surface area (Å²) in [4.78, 5) is 85.9. The normalized spacial score (nSPS) is 26.5. The summed E-state index contributed by atoms with van der Waals surface area (Å²) in [6.45, 7) is 2.02. The van der Waals surface area contributed by atoms with Crippen molar-refractivity contribution in [3.8, 4) is 0 Å². The van der Waals surface area contributed by atoms with Crippen LogP contribution in [0.3, 0.4) is 0 Å². The molecule has 65 heavy (non-hydrogen) atoms. The van der Waals surface area contributed by atoms with Crippen LogP contribution in [0.1, 0.15) is 106 Å². The van der Waals surface area contributed by atoms with E-state index < -0.39 is 103 Å². The third-order valence-corrected chi connectivity index (χ3v) is 12.5. The largest absolute Gasteiger partial charge is 0.480 e. The number of aliphatic hydroxyl groups excluding tert-OH is 2. The summed E-state index contributed by atoms with van der Waals surface area (Å²) >= 11 is 0. The number of aromatic amines is 1. The molecule has 5 rings (SSSR count). The number of carboxylic acid groups (broad SMARTS) is 1. The van der Waals surface area contributed by atoms with E-state index in [1.807, 2.05) is 12.1 Å². The molecule has 0 spiro atoms. The highest BCUT2D eigenvalue weighted by molar-refractivity contribution is 5.96. The number of carboxylic acids is 1. The predicted octanol–water partition coefficient (Wildman–Crippen LogP) is 0.707. The lowest BCUT2D eigenvalue weighted by molar-refractivity contribution is -0.215. The van der Waals surface area contributed by atoms with Gasteiger partial charge in [0, 0.05) is 57.4 Å². The molecule has 0 aliphatic carbocycles. The Hall–Kier alpha value is -4.54. The van der Waals surface area contributed by atoms with Crippen LogP contribution in [0, 0.1) is 0 Å². The lowest BCUT2D eigenvalue weighted by atomic mass is 9.98. The topological polar surface area (TPSA) is 283 Å². The number of carbonyl (C=O) groups is 4. The Labute approximate surface area is 379 Å². The molecule has 3 fully saturated rings. The number of nitrogens with one attached hydrogen (secondary N) is 1. The van der Waals surface area contributed by atoms with Crippen LogP contribution in [0.5, 0.6) is 0 Å². The molecule has 1 aromatic carbocycles. The molecule has 20 nitrogen and oxygen atoms in total. The monoisotopic (exact) mass is 915 g/mol. The fraction of sp³-hybridized carbons (Fsp3) is 0.689. The van der Waals surface area contributed by atoms with Crippen LogP contribution < -0.4 is 22.7 Å². The van der Waals surface area contributed by atoms with Gasteiger partial charge in [-0.1, -0.05) is 76.8 Å². The van der Waals surface area contributed by atoms with Gasteiger partial charge in [0.15, 0.2) is 12.3 Å². The Balaban J connectivity index is 1.35. The molecule has 1 aromatic heterocycles. The van der Waals surface area contributed by atoms with E-state index in [0.29, 0.717) is 24.9 Å². The number of hydrogen-bond acceptors (Lipinski definition) is 15. The molecular formula is C45H69N7O13. The van der Waals surface area contributed by atoms with Crippen LogP contribution in [0.25, 0.3) is 0 Å². The van der Waals surface area contributed by atoms with Crippen molar-refractivity contribution in [2.45, 2.75) is 152 Å². The summed E-state index contributed by atoms with van der Waals surface area (Å²) < 4.78 is 25.4. The van der Waals surface area contributed by atoms with Gasteiger partial charge >= 0.3 is 17.6 Å². The maximum atomic E-state index is 14.6. The first-order valence-corrected chi connectivity index (χ1v) is 23.0. The average molecular weight is 916 g/mol. The van der Waals surface area contributed by atoms with Gasteiger partial charge in [-0.2, -0.15) is 0 Å². The van der Waals surface area contributed by atoms with Crippen molar-refractivity contribution in [2.75, 3.05) is 46.8 Å². The minimum Gasteiger partial charge on any atom is -0.480 e. The van der Waals surface area contributed by atoms with E-state index in [2.05, 4.69) is 11.9 Å². The molecule has 3 saturated heterocycles. The average Bonchev–Trinajstić information content (AvgIpc) is 3.81. The summed E-state index contributed by atoms with van der Waals surface area (Å²) in [6.07, 6.45) is 2.66. The first-order valence-electron chi connectivity index (χ1n) is 23.0. The van der Waals surface area contributed by atoms with Crippen molar-refractivity contribution < 1.29 is 53.4 Å². The highest BCUT2D eigenvalue weighted by atomic mass is 16.7. The molecule has 0 saturated carbocycles. The molecule has 10 atom stereocenters. The van der Waals surface area contributed by atoms with Gasteiger partial charge in [-0.15, -0.1) is 0 Å². The maximum Gasteiger partial charge on any atom is 0.330 e. The van der Waals surface area contributed by atoms with Crippen LogP contribution in [0.4, 0.5) is 0 Å². The van der Waals surface area contributed by atoms with E-state index >= 15 is 0 Å². The number of benzene rings is 1. The Morgan fingerprint density at radius 1 is 0.908 bits per heavy atom. The van der Waals surface area contributed by atoms with E-state index in [1.54, 1.807) is 12.1 Å². The van der Waals surface area contributed by atoms with Crippen LogP contribution in [0.2, 0.25) is 0 Å². The van der Waals surface area contributed by atoms with Crippen LogP contribution in [-0.2, 0) is 39.8 Å². The zero-order valence-corrected chi connectivity index (χ0v) is 37.8. The van der Waals surface area contributed by atoms with E-state index in [4.69, 9.17) is 30.4 Å². The van der Waals surface area contributed by atoms with Crippen LogP contribution in [0.15, 0.2) is 46.1 Å². The number of esters is 1. The quantitative estimate of drug-likeness (QED) is 0.0625. The lowest BCUT2D eigenvalue weighted by Gasteiger charge is -2.38. The molecule has 0 bridgehead atoms. The Morgan fingerprint density at radius 3 is 2.17 bits per heavy atom. The van der Waals surface area contributed by atoms with E-state index in [1.165, 1.54) is 62.2 Å². The Kier molecular flexibility index (Phi) is 19.7. The highest BCUT2D eigenvalue weighted by Gasteiger charge is 2.54. The number of likely N-dealkylation sites (N-methyl/N-ethyl adjacent to an activating group) is 2. The van der Waals surface area contributed by atoms with Crippen molar-refractivity contribution >= 4 is 23.8 Å². The van der Waals surface area contributed by atoms with Gasteiger partial charge in [-0.25, -0.2) is 9.59 Å². The molecule has 20 heteroatoms. The third kappa shape index (κ3) is 13.8. The third-order valence-electron chi connectivity index (χ3n) is 12.5. The lowest BCUT2D eigenvalue weighted by Crippen LogP contribution is -2.58. The first kappa shape index (κ1) is 51.4. The minimum absolute atomic E-state index is 0.0485. The maximum absolute atomic E-state index is 14.6. The molecular weight excluding hydrogens is 847 g/mol. The molecule has 4 heterocycles. The number of aliphatic hydroxyl groups is 2. The fourth-order valence-corrected chi connectivity index (χ4v) is 8.96. The number of aliphatic carboxylic acids is 1. The summed E-state index contributed by atoms with van der Waals surface area (Å²) in [7, 11) is 2.74. The van der Waals surface area contributed by atoms with Crippen LogP contribution in [-0.4, -0.2) is 165 Å². The summed E-state index contributed by atoms with van der Waals surface area (Å²) in [5.74, 6) is -3.55. The molecule has 2 amide bonds. The number of hydrogen-bond donors (Lipinski definition) is 6. The number of H-pyrrole nitrogens is 1. The number of aromatic nitrogens is 2. The Morgan fingerprint density at radius 2 is 1.57 bits per heavy atom. The molecule has 0 radical (unpaired) electrons. The molecule has 3 aliphatic rings. The second kappa shape index (κ2) is 24.8. The zero-order chi connectivity index (χ0) is 47.2. The standard InChI is InChI=1S/C45H69N7O13/c1-4-5-6-7-8-9-10-11-12-13-21-51(42(57)29-16-14-28(15-17-29)18-20-46)27-36(56)62-33-26-49(2)39(43(58)50(3)38(33)44(59)60)41(65-37-24-30(53)32(25-47)63-37)40-31(54)23-35(64-40)52-22-19-34(55)48-45(52)61/h14-17,19,22,30-33,35,37-41,53-54H,4-13,18,20-21,23-27,46-47H2,1-3H3,(H,59,60)(H,48,55,61)/t30?,31-,32?,33?,35+,37?,38?,39?,40-,41?/m0/s1. The smallest absolute Gasteiger partial charge is 0.330 e. The van der Waals surface area contributed by atoms with Gasteiger partial charge in [-0.3, -0.25) is 33.6 Å². The Bertz CT molecular complexity index is 1980. The number of nitrogens with two attached hydrogens (primary N) is 2. The van der Waals surface area contributed by atoms with Gasteiger partial charge in [-0.05, 0) is 44.1 Å². The number of carbonyl (C=O) groups excluding carboxylic acids is 3.